The minimum atomic E-state index is -0.385. The lowest BCUT2D eigenvalue weighted by Crippen LogP contribution is -1.99. The summed E-state index contributed by atoms with van der Waals surface area (Å²) in [5.41, 5.74) is 0.566. The smallest absolute Gasteiger partial charge is 0.188 e. The van der Waals surface area contributed by atoms with Gasteiger partial charge in [0, 0.05) is 31.0 Å². The average Bonchev–Trinajstić information content (AvgIpc) is 2.26. The van der Waals surface area contributed by atoms with Crippen molar-refractivity contribution in [2.75, 3.05) is 19.8 Å². The van der Waals surface area contributed by atoms with E-state index < -0.39 is 0 Å². The molecule has 0 aromatic heterocycles. The molecule has 1 aromatic carbocycles. The first-order chi connectivity index (χ1) is 7.76. The van der Waals surface area contributed by atoms with Gasteiger partial charge in [-0.1, -0.05) is 11.8 Å². The molecule has 0 bridgehead atoms. The summed E-state index contributed by atoms with van der Waals surface area (Å²) >= 11 is 5.48. The lowest BCUT2D eigenvalue weighted by Gasteiger charge is -2.04. The highest BCUT2D eigenvalue weighted by atomic mass is 35.5. The number of methoxy groups -OCH3 is 1. The van der Waals surface area contributed by atoms with Crippen LogP contribution in [-0.2, 0) is 4.74 Å². The number of alkyl halides is 1. The van der Waals surface area contributed by atoms with Crippen molar-refractivity contribution in [3.63, 3.8) is 0 Å². The van der Waals surface area contributed by atoms with Gasteiger partial charge in [-0.25, -0.2) is 4.39 Å². The van der Waals surface area contributed by atoms with Gasteiger partial charge in [0.1, 0.15) is 11.6 Å². The van der Waals surface area contributed by atoms with Crippen molar-refractivity contribution in [3.05, 3.63) is 29.6 Å². The average molecular weight is 243 g/mol. The predicted molar refractivity (Wildman–Crippen MR) is 61.1 cm³/mol. The van der Waals surface area contributed by atoms with Crippen molar-refractivity contribution in [1.82, 2.24) is 0 Å². The van der Waals surface area contributed by atoms with Crippen molar-refractivity contribution < 1.29 is 13.9 Å². The molecule has 0 saturated heterocycles. The molecule has 0 aliphatic heterocycles. The Kier molecular flexibility index (Phi) is 5.69. The Morgan fingerprint density at radius 2 is 2.19 bits per heavy atom. The topological polar surface area (TPSA) is 18.5 Å². The van der Waals surface area contributed by atoms with E-state index in [0.717, 1.165) is 0 Å². The molecule has 1 rings (SSSR count). The first kappa shape index (κ1) is 12.8. The number of rotatable bonds is 4. The minimum Gasteiger partial charge on any atom is -0.467 e. The van der Waals surface area contributed by atoms with Crippen LogP contribution in [0.15, 0.2) is 18.2 Å². The Hall–Kier alpha value is -1.24. The van der Waals surface area contributed by atoms with Crippen LogP contribution in [0.2, 0.25) is 0 Å². The summed E-state index contributed by atoms with van der Waals surface area (Å²) in [4.78, 5) is 0. The van der Waals surface area contributed by atoms with Crippen LogP contribution in [0.3, 0.4) is 0 Å². The molecule has 0 fully saturated rings. The molecule has 0 radical (unpaired) electrons. The second-order valence-electron chi connectivity index (χ2n) is 2.97. The maximum Gasteiger partial charge on any atom is 0.188 e. The lowest BCUT2D eigenvalue weighted by molar-refractivity contribution is 0.0509. The molecule has 16 heavy (non-hydrogen) atoms. The van der Waals surface area contributed by atoms with Crippen LogP contribution in [0.25, 0.3) is 0 Å². The van der Waals surface area contributed by atoms with Crippen LogP contribution in [0.5, 0.6) is 5.75 Å². The van der Waals surface area contributed by atoms with Crippen molar-refractivity contribution >= 4 is 11.6 Å². The molecule has 0 unspecified atom stereocenters. The summed E-state index contributed by atoms with van der Waals surface area (Å²) in [7, 11) is 1.50. The van der Waals surface area contributed by atoms with Gasteiger partial charge in [0.2, 0.25) is 0 Å². The van der Waals surface area contributed by atoms with Crippen LogP contribution >= 0.6 is 11.6 Å². The zero-order valence-corrected chi connectivity index (χ0v) is 9.68. The molecule has 1 aromatic rings. The number of benzene rings is 1. The summed E-state index contributed by atoms with van der Waals surface area (Å²) in [5, 5.41) is 0. The van der Waals surface area contributed by atoms with E-state index in [9.17, 15) is 4.39 Å². The van der Waals surface area contributed by atoms with E-state index in [1.165, 1.54) is 19.2 Å². The van der Waals surface area contributed by atoms with E-state index in [2.05, 4.69) is 11.8 Å². The van der Waals surface area contributed by atoms with E-state index in [1.807, 2.05) is 0 Å². The second kappa shape index (κ2) is 7.10. The van der Waals surface area contributed by atoms with E-state index in [4.69, 9.17) is 21.1 Å². The summed E-state index contributed by atoms with van der Waals surface area (Å²) in [6.07, 6.45) is 0.576. The lowest BCUT2D eigenvalue weighted by atomic mass is 10.2. The third-order valence-corrected chi connectivity index (χ3v) is 1.86. The van der Waals surface area contributed by atoms with E-state index >= 15 is 0 Å². The maximum absolute atomic E-state index is 13.1. The first-order valence-corrected chi connectivity index (χ1v) is 5.27. The van der Waals surface area contributed by atoms with Gasteiger partial charge < -0.3 is 9.47 Å². The number of hydrogen-bond donors (Lipinski definition) is 0. The van der Waals surface area contributed by atoms with Crippen LogP contribution < -0.4 is 4.74 Å². The Morgan fingerprint density at radius 3 is 2.88 bits per heavy atom. The number of halogens is 2. The molecule has 0 atom stereocenters. The van der Waals surface area contributed by atoms with Gasteiger partial charge in [-0.2, -0.15) is 0 Å². The molecule has 2 nitrogen and oxygen atoms in total. The third kappa shape index (κ3) is 4.52. The zero-order chi connectivity index (χ0) is 11.8. The maximum atomic E-state index is 13.1. The molecule has 86 valence electrons. The van der Waals surface area contributed by atoms with Gasteiger partial charge in [-0.15, -0.1) is 11.6 Å². The summed E-state index contributed by atoms with van der Waals surface area (Å²) in [5.74, 6) is 6.12. The minimum absolute atomic E-state index is 0.0814. The van der Waals surface area contributed by atoms with Gasteiger partial charge in [-0.3, -0.25) is 0 Å². The quantitative estimate of drug-likeness (QED) is 0.459. The molecular formula is C12H12ClFO2. The highest BCUT2D eigenvalue weighted by Gasteiger charge is 1.99. The normalized spacial score (nSPS) is 9.44. The van der Waals surface area contributed by atoms with Crippen molar-refractivity contribution in [3.8, 4) is 17.6 Å². The van der Waals surface area contributed by atoms with Gasteiger partial charge in [0.05, 0.1) is 0 Å². The molecule has 0 spiro atoms. The Morgan fingerprint density at radius 1 is 1.38 bits per heavy atom. The van der Waals surface area contributed by atoms with Gasteiger partial charge in [0.15, 0.2) is 6.79 Å². The first-order valence-electron chi connectivity index (χ1n) is 4.73. The fourth-order valence-corrected chi connectivity index (χ4v) is 1.15. The largest absolute Gasteiger partial charge is 0.467 e. The molecule has 0 amide bonds. The van der Waals surface area contributed by atoms with Crippen molar-refractivity contribution in [1.29, 1.82) is 0 Å². The van der Waals surface area contributed by atoms with Crippen molar-refractivity contribution in [2.45, 2.75) is 6.42 Å². The highest BCUT2D eigenvalue weighted by molar-refractivity contribution is 6.18. The summed E-state index contributed by atoms with van der Waals surface area (Å²) in [6.45, 7) is 0.0814. The van der Waals surface area contributed by atoms with E-state index in [0.29, 0.717) is 23.6 Å². The van der Waals surface area contributed by atoms with Crippen LogP contribution in [-0.4, -0.2) is 19.8 Å². The van der Waals surface area contributed by atoms with Crippen LogP contribution in [0.4, 0.5) is 4.39 Å². The standard InChI is InChI=1S/C12H12ClFO2/c1-15-9-16-12-7-10(4-2-3-5-13)6-11(14)8-12/h6-8H,3,5,9H2,1H3. The monoisotopic (exact) mass is 242 g/mol. The Labute approximate surface area is 99.3 Å². The highest BCUT2D eigenvalue weighted by Crippen LogP contribution is 2.15. The summed E-state index contributed by atoms with van der Waals surface area (Å²) in [6, 6.07) is 4.29. The fraction of sp³-hybridized carbons (Fsp3) is 0.333. The molecule has 0 heterocycles. The third-order valence-electron chi connectivity index (χ3n) is 1.67. The SMILES string of the molecule is COCOc1cc(F)cc(C#CCCCl)c1. The van der Waals surface area contributed by atoms with Gasteiger partial charge in [-0.05, 0) is 12.1 Å². The zero-order valence-electron chi connectivity index (χ0n) is 8.93. The fourth-order valence-electron chi connectivity index (χ4n) is 1.06. The molecule has 4 heteroatoms. The summed E-state index contributed by atoms with van der Waals surface area (Å²) < 4.78 is 23.0. The number of hydrogen-bond acceptors (Lipinski definition) is 2. The Bertz CT molecular complexity index is 396. The molecular weight excluding hydrogens is 231 g/mol. The molecule has 0 aliphatic rings. The predicted octanol–water partition coefficient (Wildman–Crippen LogP) is 2.79. The van der Waals surface area contributed by atoms with Gasteiger partial charge in [0.25, 0.3) is 0 Å². The molecule has 0 N–H and O–H groups in total. The molecule has 0 saturated carbocycles. The second-order valence-corrected chi connectivity index (χ2v) is 3.35. The van der Waals surface area contributed by atoms with E-state index in [-0.39, 0.29) is 12.6 Å². The number of ether oxygens (including phenoxy) is 2. The van der Waals surface area contributed by atoms with Gasteiger partial charge >= 0.3 is 0 Å². The van der Waals surface area contributed by atoms with E-state index in [1.54, 1.807) is 6.07 Å². The van der Waals surface area contributed by atoms with Crippen LogP contribution in [0, 0.1) is 17.7 Å². The van der Waals surface area contributed by atoms with Crippen molar-refractivity contribution in [2.24, 2.45) is 0 Å². The van der Waals surface area contributed by atoms with Crippen LogP contribution in [0.1, 0.15) is 12.0 Å². The Balaban J connectivity index is 2.78. The molecule has 0 aliphatic carbocycles.